The van der Waals surface area contributed by atoms with E-state index >= 15 is 0 Å². The lowest BCUT2D eigenvalue weighted by atomic mass is 10.0. The van der Waals surface area contributed by atoms with E-state index in [-0.39, 0.29) is 32.2 Å². The quantitative estimate of drug-likeness (QED) is 0.0195. The highest BCUT2D eigenvalue weighted by Crippen LogP contribution is 2.20. The molecule has 0 aliphatic rings. The van der Waals surface area contributed by atoms with Gasteiger partial charge in [0.1, 0.15) is 13.2 Å². The average Bonchev–Trinajstić information content (AvgIpc) is 3.64. The van der Waals surface area contributed by atoms with E-state index < -0.39 is 24.3 Å². The van der Waals surface area contributed by atoms with E-state index in [1.807, 2.05) is 21.1 Å². The number of rotatable bonds is 74. The number of carboxylic acid groups (broad SMARTS) is 1. The number of allylic oxidation sites excluding steroid dienone is 6. The molecular weight excluding hydrogens is 1100 g/mol. The molecule has 0 aromatic rings. The van der Waals surface area contributed by atoms with Crippen LogP contribution in [0.5, 0.6) is 0 Å². The minimum Gasteiger partial charge on any atom is -0.545 e. The summed E-state index contributed by atoms with van der Waals surface area (Å²) in [4.78, 5) is 37.6. The van der Waals surface area contributed by atoms with Gasteiger partial charge < -0.3 is 33.3 Å². The van der Waals surface area contributed by atoms with Gasteiger partial charge in [0.2, 0.25) is 0 Å². The minimum atomic E-state index is -1.62. The summed E-state index contributed by atoms with van der Waals surface area (Å²) in [6, 6.07) is 0. The third-order valence-corrected chi connectivity index (χ3v) is 17.9. The van der Waals surface area contributed by atoms with Gasteiger partial charge in [-0.25, -0.2) is 0 Å². The number of aliphatic carboxylic acids is 1. The van der Waals surface area contributed by atoms with Gasteiger partial charge in [-0.3, -0.25) is 9.59 Å². The van der Waals surface area contributed by atoms with Crippen molar-refractivity contribution >= 4 is 17.9 Å². The lowest BCUT2D eigenvalue weighted by molar-refractivity contribution is -0.870. The lowest BCUT2D eigenvalue weighted by Crippen LogP contribution is -2.44. The molecule has 524 valence electrons. The smallest absolute Gasteiger partial charge is 0.306 e. The number of unbranched alkanes of at least 4 members (excludes halogenated alkanes) is 53. The molecule has 0 saturated heterocycles. The highest BCUT2D eigenvalue weighted by Gasteiger charge is 2.22. The number of esters is 2. The van der Waals surface area contributed by atoms with Crippen LogP contribution in [-0.4, -0.2) is 82.3 Å². The summed E-state index contributed by atoms with van der Waals surface area (Å²) >= 11 is 0. The van der Waals surface area contributed by atoms with Crippen molar-refractivity contribution < 1.29 is 42.9 Å². The number of carboxylic acids is 1. The summed E-state index contributed by atoms with van der Waals surface area (Å²) in [6.07, 6.45) is 88.4. The molecule has 0 saturated carbocycles. The molecule has 0 heterocycles. The Morgan fingerprint density at radius 3 is 0.899 bits per heavy atom. The van der Waals surface area contributed by atoms with E-state index in [9.17, 15) is 19.5 Å². The zero-order valence-corrected chi connectivity index (χ0v) is 60.1. The van der Waals surface area contributed by atoms with Crippen LogP contribution in [0.3, 0.4) is 0 Å². The second-order valence-corrected chi connectivity index (χ2v) is 28.0. The van der Waals surface area contributed by atoms with Crippen molar-refractivity contribution in [1.82, 2.24) is 0 Å². The van der Waals surface area contributed by atoms with Gasteiger partial charge in [-0.1, -0.05) is 371 Å². The first-order chi connectivity index (χ1) is 43.6. The Hall–Kier alpha value is -2.49. The number of hydrogen-bond donors (Lipinski definition) is 0. The largest absolute Gasteiger partial charge is 0.545 e. The fourth-order valence-corrected chi connectivity index (χ4v) is 11.9. The van der Waals surface area contributed by atoms with Crippen molar-refractivity contribution in [3.05, 3.63) is 36.5 Å². The van der Waals surface area contributed by atoms with E-state index in [2.05, 4.69) is 50.3 Å². The zero-order valence-electron chi connectivity index (χ0n) is 60.1. The maximum Gasteiger partial charge on any atom is 0.306 e. The van der Waals surface area contributed by atoms with Gasteiger partial charge in [-0.15, -0.1) is 0 Å². The van der Waals surface area contributed by atoms with E-state index in [0.717, 1.165) is 44.9 Å². The first-order valence-electron chi connectivity index (χ1n) is 39.1. The van der Waals surface area contributed by atoms with Crippen LogP contribution in [-0.2, 0) is 33.3 Å². The minimum absolute atomic E-state index is 0.151. The molecule has 0 bridgehead atoms. The Labute approximate surface area is 553 Å². The van der Waals surface area contributed by atoms with Crippen molar-refractivity contribution in [2.24, 2.45) is 0 Å². The summed E-state index contributed by atoms with van der Waals surface area (Å²) in [5.74, 6) is -2.25. The second-order valence-electron chi connectivity index (χ2n) is 28.0. The Morgan fingerprint density at radius 2 is 0.607 bits per heavy atom. The van der Waals surface area contributed by atoms with Gasteiger partial charge in [0.15, 0.2) is 12.4 Å². The molecule has 0 amide bonds. The van der Waals surface area contributed by atoms with Crippen LogP contribution in [0.25, 0.3) is 0 Å². The summed E-state index contributed by atoms with van der Waals surface area (Å²) in [6.45, 7) is 4.82. The molecular formula is C80H151NO8. The second kappa shape index (κ2) is 71.4. The van der Waals surface area contributed by atoms with Crippen molar-refractivity contribution in [2.75, 3.05) is 47.5 Å². The van der Waals surface area contributed by atoms with Gasteiger partial charge >= 0.3 is 11.9 Å². The fraction of sp³-hybridized carbons (Fsp3) is 0.887. The van der Waals surface area contributed by atoms with Crippen LogP contribution in [0.1, 0.15) is 399 Å². The Bertz CT molecular complexity index is 1550. The molecule has 0 aliphatic heterocycles. The van der Waals surface area contributed by atoms with Gasteiger partial charge in [0.25, 0.3) is 0 Å². The highest BCUT2D eigenvalue weighted by molar-refractivity contribution is 5.70. The number of ether oxygens (including phenoxy) is 4. The van der Waals surface area contributed by atoms with Crippen LogP contribution >= 0.6 is 0 Å². The number of quaternary nitrogens is 1. The number of carbonyl (C=O) groups is 3. The highest BCUT2D eigenvalue weighted by atomic mass is 16.7. The molecule has 0 N–H and O–H groups in total. The zero-order chi connectivity index (χ0) is 64.7. The molecule has 0 fully saturated rings. The molecule has 89 heavy (non-hydrogen) atoms. The topological polar surface area (TPSA) is 111 Å². The van der Waals surface area contributed by atoms with Gasteiger partial charge in [-0.2, -0.15) is 0 Å². The van der Waals surface area contributed by atoms with Gasteiger partial charge in [0, 0.05) is 12.8 Å². The number of carbonyl (C=O) groups excluding carboxylic acids is 3. The Balaban J connectivity index is 3.99. The molecule has 9 heteroatoms. The first-order valence-corrected chi connectivity index (χ1v) is 39.1. The van der Waals surface area contributed by atoms with Gasteiger partial charge in [-0.05, 0) is 51.4 Å². The summed E-state index contributed by atoms with van der Waals surface area (Å²) < 4.78 is 22.9. The van der Waals surface area contributed by atoms with Gasteiger partial charge in [0.05, 0.1) is 40.3 Å². The maximum absolute atomic E-state index is 13.0. The van der Waals surface area contributed by atoms with Crippen LogP contribution in [0.15, 0.2) is 36.5 Å². The Morgan fingerprint density at radius 1 is 0.337 bits per heavy atom. The van der Waals surface area contributed by atoms with Crippen molar-refractivity contribution in [3.63, 3.8) is 0 Å². The van der Waals surface area contributed by atoms with E-state index in [1.54, 1.807) is 0 Å². The SMILES string of the molecule is CCCCCCC/C=C\C/C=C\C/C=C\CCCCCCCCCCCCCCCCCCC(=O)OC(COC(=O)CCCCCCCCCCCCCCCCCCCCCCCCCCCCCCCCCCC)COC(OCC[N+](C)(C)C)C(=O)[O-]. The van der Waals surface area contributed by atoms with E-state index in [0.29, 0.717) is 23.9 Å². The number of likely N-dealkylation sites (N-methyl/N-ethyl adjacent to an activating group) is 1. The molecule has 0 spiro atoms. The van der Waals surface area contributed by atoms with Crippen LogP contribution in [0, 0.1) is 0 Å². The number of nitrogens with zero attached hydrogens (tertiary/aromatic N) is 1. The Kier molecular flexibility index (Phi) is 69.4. The summed E-state index contributed by atoms with van der Waals surface area (Å²) in [5, 5.41) is 11.8. The van der Waals surface area contributed by atoms with Crippen molar-refractivity contribution in [3.8, 4) is 0 Å². The van der Waals surface area contributed by atoms with E-state index in [4.69, 9.17) is 18.9 Å². The first kappa shape index (κ1) is 86.5. The molecule has 0 radical (unpaired) electrons. The third kappa shape index (κ3) is 72.8. The molecule has 0 aromatic heterocycles. The van der Waals surface area contributed by atoms with Crippen LogP contribution in [0.4, 0.5) is 0 Å². The molecule has 2 unspecified atom stereocenters. The lowest BCUT2D eigenvalue weighted by Gasteiger charge is -2.26. The van der Waals surface area contributed by atoms with Crippen LogP contribution in [0.2, 0.25) is 0 Å². The third-order valence-electron chi connectivity index (χ3n) is 17.9. The summed E-state index contributed by atoms with van der Waals surface area (Å²) in [5.41, 5.74) is 0. The van der Waals surface area contributed by atoms with Crippen molar-refractivity contribution in [2.45, 2.75) is 411 Å². The average molecular weight is 1260 g/mol. The molecule has 2 atom stereocenters. The standard InChI is InChI=1S/C80H151NO8/c1-6-8-10-12-14-16-18-20-22-24-26-28-30-32-34-36-38-39-41-42-44-46-48-50-52-54-56-58-60-62-64-66-68-70-77(82)87-74-76(75-88-80(79(84)85)86-73-72-81(3,4)5)89-78(83)71-69-67-65-63-61-59-57-55-53-51-49-47-45-43-40-37-35-33-31-29-27-25-23-21-19-17-15-13-11-9-7-2/h19,21,25,27,31,33,76,80H,6-18,20,22-24,26,28-30,32,34-75H2,1-5H3/b21-19-,27-25-,33-31-. The molecule has 9 nitrogen and oxygen atoms in total. The van der Waals surface area contributed by atoms with Crippen LogP contribution < -0.4 is 5.11 Å². The van der Waals surface area contributed by atoms with Crippen molar-refractivity contribution in [1.29, 1.82) is 0 Å². The molecule has 0 aliphatic carbocycles. The monoisotopic (exact) mass is 1250 g/mol. The maximum atomic E-state index is 13.0. The fourth-order valence-electron chi connectivity index (χ4n) is 11.9. The normalized spacial score (nSPS) is 12.8. The van der Waals surface area contributed by atoms with E-state index in [1.165, 1.54) is 321 Å². The predicted octanol–water partition coefficient (Wildman–Crippen LogP) is 23.4. The predicted molar refractivity (Wildman–Crippen MR) is 380 cm³/mol. The summed E-state index contributed by atoms with van der Waals surface area (Å²) in [7, 11) is 5.95. The number of hydrogen-bond acceptors (Lipinski definition) is 8. The molecule has 0 rings (SSSR count). The molecule has 0 aromatic carbocycles.